The van der Waals surface area contributed by atoms with Gasteiger partial charge in [-0.15, -0.1) is 0 Å². The van der Waals surface area contributed by atoms with Gasteiger partial charge in [0.25, 0.3) is 0 Å². The lowest BCUT2D eigenvalue weighted by molar-refractivity contribution is 0.0696. The van der Waals surface area contributed by atoms with Crippen LogP contribution in [0.2, 0.25) is 0 Å². The number of hydrogen-bond donors (Lipinski definition) is 2. The Morgan fingerprint density at radius 2 is 2.18 bits per heavy atom. The van der Waals surface area contributed by atoms with Gasteiger partial charge in [0.2, 0.25) is 0 Å². The van der Waals surface area contributed by atoms with Gasteiger partial charge in [-0.3, -0.25) is 0 Å². The molecule has 1 aromatic heterocycles. The Balaban J connectivity index is 2.80. The first-order chi connectivity index (χ1) is 7.88. The van der Waals surface area contributed by atoms with Crippen LogP contribution >= 0.6 is 0 Å². The summed E-state index contributed by atoms with van der Waals surface area (Å²) >= 11 is 0. The zero-order valence-corrected chi connectivity index (χ0v) is 10.7. The summed E-state index contributed by atoms with van der Waals surface area (Å²) in [5.41, 5.74) is 0.960. The predicted molar refractivity (Wildman–Crippen MR) is 67.6 cm³/mol. The number of nitrogens with zero attached hydrogens (tertiary/aromatic N) is 2. The maximum Gasteiger partial charge on any atom is 0.335 e. The molecule has 94 valence electrons. The molecular weight excluding hydrogens is 218 g/mol. The summed E-state index contributed by atoms with van der Waals surface area (Å²) in [6, 6.07) is 3.33. The first-order valence-electron chi connectivity index (χ1n) is 5.51. The summed E-state index contributed by atoms with van der Waals surface area (Å²) < 4.78 is 0. The van der Waals surface area contributed by atoms with Gasteiger partial charge in [0.1, 0.15) is 5.82 Å². The number of aromatic nitrogens is 1. The molecule has 0 aliphatic rings. The van der Waals surface area contributed by atoms with E-state index in [1.807, 2.05) is 21.0 Å². The second-order valence-corrected chi connectivity index (χ2v) is 4.50. The van der Waals surface area contributed by atoms with Gasteiger partial charge in [0, 0.05) is 18.3 Å². The average molecular weight is 237 g/mol. The van der Waals surface area contributed by atoms with Crippen LogP contribution in [-0.4, -0.2) is 47.6 Å². The molecule has 1 rings (SSSR count). The topological polar surface area (TPSA) is 65.5 Å². The molecule has 0 spiro atoms. The molecular formula is C12H19N3O2. The molecule has 0 amide bonds. The van der Waals surface area contributed by atoms with Crippen molar-refractivity contribution in [2.24, 2.45) is 0 Å². The summed E-state index contributed by atoms with van der Waals surface area (Å²) in [7, 11) is 3.98. The van der Waals surface area contributed by atoms with Crippen LogP contribution in [0.5, 0.6) is 0 Å². The van der Waals surface area contributed by atoms with E-state index in [-0.39, 0.29) is 11.6 Å². The first kappa shape index (κ1) is 13.4. The van der Waals surface area contributed by atoms with Gasteiger partial charge in [-0.25, -0.2) is 9.78 Å². The number of hydrogen-bond acceptors (Lipinski definition) is 4. The Kier molecular flexibility index (Phi) is 4.45. The lowest BCUT2D eigenvalue weighted by atomic mass is 10.2. The minimum atomic E-state index is -0.932. The van der Waals surface area contributed by atoms with Gasteiger partial charge >= 0.3 is 5.97 Å². The summed E-state index contributed by atoms with van der Waals surface area (Å²) in [5.74, 6) is -0.324. The zero-order chi connectivity index (χ0) is 13.0. The molecule has 0 bridgehead atoms. The Morgan fingerprint density at radius 3 is 2.71 bits per heavy atom. The minimum Gasteiger partial charge on any atom is -0.478 e. The summed E-state index contributed by atoms with van der Waals surface area (Å²) in [6.45, 7) is 4.68. The lowest BCUT2D eigenvalue weighted by Crippen LogP contribution is -2.30. The Hall–Kier alpha value is -1.62. The monoisotopic (exact) mass is 237 g/mol. The number of rotatable bonds is 5. The maximum atomic E-state index is 10.9. The van der Waals surface area contributed by atoms with Crippen LogP contribution in [0.25, 0.3) is 0 Å². The molecule has 0 radical (unpaired) electrons. The molecule has 5 nitrogen and oxygen atoms in total. The third-order valence-corrected chi connectivity index (χ3v) is 2.23. The molecule has 1 unspecified atom stereocenters. The molecule has 0 aliphatic carbocycles. The molecule has 0 aromatic carbocycles. The molecule has 1 aromatic rings. The highest BCUT2D eigenvalue weighted by Crippen LogP contribution is 2.11. The van der Waals surface area contributed by atoms with Crippen molar-refractivity contribution in [3.63, 3.8) is 0 Å². The number of pyridine rings is 1. The van der Waals surface area contributed by atoms with Crippen molar-refractivity contribution in [1.82, 2.24) is 9.88 Å². The third-order valence-electron chi connectivity index (χ3n) is 2.23. The van der Waals surface area contributed by atoms with E-state index in [0.717, 1.165) is 6.54 Å². The highest BCUT2D eigenvalue weighted by atomic mass is 16.4. The fourth-order valence-electron chi connectivity index (χ4n) is 1.71. The van der Waals surface area contributed by atoms with Gasteiger partial charge in [-0.2, -0.15) is 0 Å². The van der Waals surface area contributed by atoms with Crippen molar-refractivity contribution in [3.05, 3.63) is 23.4 Å². The van der Waals surface area contributed by atoms with Gasteiger partial charge in [-0.1, -0.05) is 0 Å². The number of aryl methyl sites for hydroxylation is 1. The zero-order valence-electron chi connectivity index (χ0n) is 10.7. The van der Waals surface area contributed by atoms with Crippen molar-refractivity contribution >= 4 is 11.8 Å². The second kappa shape index (κ2) is 5.63. The fourth-order valence-corrected chi connectivity index (χ4v) is 1.71. The molecule has 2 N–H and O–H groups in total. The standard InChI is InChI=1S/C12H19N3O2/c1-8-5-10(12(16)17)6-11(13-8)14-9(2)7-15(3)4/h5-6,9H,7H2,1-4H3,(H,13,14)(H,16,17). The van der Waals surface area contributed by atoms with Gasteiger partial charge in [0.05, 0.1) is 5.56 Å². The van der Waals surface area contributed by atoms with E-state index in [1.165, 1.54) is 0 Å². The largest absolute Gasteiger partial charge is 0.478 e. The lowest BCUT2D eigenvalue weighted by Gasteiger charge is -2.19. The number of anilines is 1. The Morgan fingerprint density at radius 1 is 1.53 bits per heavy atom. The molecule has 0 saturated carbocycles. The van der Waals surface area contributed by atoms with E-state index >= 15 is 0 Å². The summed E-state index contributed by atoms with van der Waals surface area (Å²) in [4.78, 5) is 17.2. The quantitative estimate of drug-likeness (QED) is 0.811. The van der Waals surface area contributed by atoms with E-state index < -0.39 is 5.97 Å². The normalized spacial score (nSPS) is 12.5. The van der Waals surface area contributed by atoms with Gasteiger partial charge < -0.3 is 15.3 Å². The van der Waals surface area contributed by atoms with Crippen molar-refractivity contribution in [2.45, 2.75) is 19.9 Å². The van der Waals surface area contributed by atoms with Crippen molar-refractivity contribution in [2.75, 3.05) is 26.0 Å². The number of likely N-dealkylation sites (N-methyl/N-ethyl adjacent to an activating group) is 1. The number of aromatic carboxylic acids is 1. The van der Waals surface area contributed by atoms with Gasteiger partial charge in [-0.05, 0) is 40.1 Å². The molecule has 1 heterocycles. The van der Waals surface area contributed by atoms with Crippen molar-refractivity contribution in [3.8, 4) is 0 Å². The van der Waals surface area contributed by atoms with E-state index in [2.05, 4.69) is 15.2 Å². The van der Waals surface area contributed by atoms with Crippen LogP contribution in [0.4, 0.5) is 5.82 Å². The van der Waals surface area contributed by atoms with E-state index in [0.29, 0.717) is 11.5 Å². The molecule has 1 atom stereocenters. The van der Waals surface area contributed by atoms with Crippen LogP contribution in [0.3, 0.4) is 0 Å². The van der Waals surface area contributed by atoms with E-state index in [4.69, 9.17) is 5.11 Å². The van der Waals surface area contributed by atoms with Gasteiger partial charge in [0.15, 0.2) is 0 Å². The Bertz CT molecular complexity index is 405. The van der Waals surface area contributed by atoms with Crippen LogP contribution in [0.15, 0.2) is 12.1 Å². The highest BCUT2D eigenvalue weighted by Gasteiger charge is 2.09. The van der Waals surface area contributed by atoms with Crippen LogP contribution in [0, 0.1) is 6.92 Å². The molecule has 5 heteroatoms. The first-order valence-corrected chi connectivity index (χ1v) is 5.51. The highest BCUT2D eigenvalue weighted by molar-refractivity contribution is 5.88. The fraction of sp³-hybridized carbons (Fsp3) is 0.500. The number of carboxylic acids is 1. The van der Waals surface area contributed by atoms with E-state index in [1.54, 1.807) is 19.1 Å². The predicted octanol–water partition coefficient (Wildman–Crippen LogP) is 1.45. The van der Waals surface area contributed by atoms with E-state index in [9.17, 15) is 4.79 Å². The second-order valence-electron chi connectivity index (χ2n) is 4.50. The number of carboxylic acid groups (broad SMARTS) is 1. The number of nitrogens with one attached hydrogen (secondary N) is 1. The minimum absolute atomic E-state index is 0.209. The maximum absolute atomic E-state index is 10.9. The molecule has 0 aliphatic heterocycles. The smallest absolute Gasteiger partial charge is 0.335 e. The molecule has 0 fully saturated rings. The average Bonchev–Trinajstić information content (AvgIpc) is 2.14. The van der Waals surface area contributed by atoms with Crippen molar-refractivity contribution < 1.29 is 9.90 Å². The van der Waals surface area contributed by atoms with Crippen LogP contribution in [0.1, 0.15) is 23.0 Å². The summed E-state index contributed by atoms with van der Waals surface area (Å²) in [6.07, 6.45) is 0. The van der Waals surface area contributed by atoms with Crippen LogP contribution in [-0.2, 0) is 0 Å². The van der Waals surface area contributed by atoms with Crippen molar-refractivity contribution in [1.29, 1.82) is 0 Å². The number of carbonyl (C=O) groups is 1. The third kappa shape index (κ3) is 4.40. The summed E-state index contributed by atoms with van der Waals surface area (Å²) in [5, 5.41) is 12.1. The molecule has 17 heavy (non-hydrogen) atoms. The Labute approximate surface area is 101 Å². The van der Waals surface area contributed by atoms with Crippen LogP contribution < -0.4 is 5.32 Å². The molecule has 0 saturated heterocycles. The SMILES string of the molecule is Cc1cc(C(=O)O)cc(NC(C)CN(C)C)n1.